The zero-order valence-corrected chi connectivity index (χ0v) is 16.7. The molecule has 0 amide bonds. The van der Waals surface area contributed by atoms with Gasteiger partial charge in [0.05, 0.1) is 24.8 Å². The quantitative estimate of drug-likeness (QED) is 0.643. The molecule has 146 valence electrons. The molecule has 0 aliphatic heterocycles. The number of imidazole rings is 1. The molecule has 6 nitrogen and oxygen atoms in total. The first-order chi connectivity index (χ1) is 13.6. The molecule has 0 unspecified atom stereocenters. The lowest BCUT2D eigenvalue weighted by Crippen LogP contribution is -2.13. The third-order valence-corrected chi connectivity index (χ3v) is 5.06. The van der Waals surface area contributed by atoms with Crippen LogP contribution in [0.5, 0.6) is 11.6 Å². The number of nitrogens with zero attached hydrogens (tertiary/aromatic N) is 4. The molecule has 2 heterocycles. The van der Waals surface area contributed by atoms with Crippen LogP contribution < -0.4 is 9.47 Å². The fraction of sp³-hybridized carbons (Fsp3) is 0.409. The number of rotatable bonds is 6. The van der Waals surface area contributed by atoms with Crippen LogP contribution in [0.2, 0.25) is 0 Å². The molecule has 0 bridgehead atoms. The van der Waals surface area contributed by atoms with Crippen molar-refractivity contribution < 1.29 is 9.47 Å². The Balaban J connectivity index is 1.56. The zero-order chi connectivity index (χ0) is 19.5. The van der Waals surface area contributed by atoms with Crippen molar-refractivity contribution in [2.24, 2.45) is 0 Å². The van der Waals surface area contributed by atoms with Crippen LogP contribution in [-0.2, 0) is 6.42 Å². The SMILES string of the molecule is COc1cc(Cc2nc(C)cc(OC3CCCC3)n2)ccc1-n1cnc(C)c1. The summed E-state index contributed by atoms with van der Waals surface area (Å²) in [6.07, 6.45) is 9.41. The average Bonchev–Trinajstić information content (AvgIpc) is 3.33. The molecule has 6 heteroatoms. The van der Waals surface area contributed by atoms with E-state index in [9.17, 15) is 0 Å². The molecule has 1 saturated carbocycles. The van der Waals surface area contributed by atoms with Crippen molar-refractivity contribution in [3.8, 4) is 17.3 Å². The fourth-order valence-electron chi connectivity index (χ4n) is 3.70. The normalized spacial score (nSPS) is 14.4. The van der Waals surface area contributed by atoms with E-state index in [1.807, 2.05) is 42.8 Å². The molecule has 1 fully saturated rings. The molecule has 2 aromatic heterocycles. The van der Waals surface area contributed by atoms with E-state index < -0.39 is 0 Å². The standard InChI is InChI=1S/C22H26N4O2/c1-15-10-22(28-18-6-4-5-7-18)25-21(24-15)12-17-8-9-19(20(11-17)27-3)26-13-16(2)23-14-26/h8-11,13-14,18H,4-7,12H2,1-3H3. The number of hydrogen-bond acceptors (Lipinski definition) is 5. The summed E-state index contributed by atoms with van der Waals surface area (Å²) < 4.78 is 13.6. The summed E-state index contributed by atoms with van der Waals surface area (Å²) in [5.74, 6) is 2.25. The van der Waals surface area contributed by atoms with Crippen LogP contribution in [0.25, 0.3) is 5.69 Å². The molecule has 3 aromatic rings. The van der Waals surface area contributed by atoms with Gasteiger partial charge >= 0.3 is 0 Å². The predicted molar refractivity (Wildman–Crippen MR) is 107 cm³/mol. The highest BCUT2D eigenvalue weighted by Crippen LogP contribution is 2.26. The summed E-state index contributed by atoms with van der Waals surface area (Å²) in [5.41, 5.74) is 3.95. The van der Waals surface area contributed by atoms with Gasteiger partial charge in [0, 0.05) is 24.4 Å². The van der Waals surface area contributed by atoms with Gasteiger partial charge in [-0.1, -0.05) is 6.07 Å². The highest BCUT2D eigenvalue weighted by Gasteiger charge is 2.18. The van der Waals surface area contributed by atoms with E-state index in [4.69, 9.17) is 9.47 Å². The van der Waals surface area contributed by atoms with Crippen LogP contribution in [0.4, 0.5) is 0 Å². The van der Waals surface area contributed by atoms with Crippen molar-refractivity contribution in [3.63, 3.8) is 0 Å². The first-order valence-electron chi connectivity index (χ1n) is 9.80. The number of ether oxygens (including phenoxy) is 2. The second-order valence-electron chi connectivity index (χ2n) is 7.39. The van der Waals surface area contributed by atoms with Crippen molar-refractivity contribution in [1.29, 1.82) is 0 Å². The molecule has 0 radical (unpaired) electrons. The summed E-state index contributed by atoms with van der Waals surface area (Å²) in [5, 5.41) is 0. The first-order valence-corrected chi connectivity index (χ1v) is 9.80. The van der Waals surface area contributed by atoms with Crippen molar-refractivity contribution in [3.05, 3.63) is 59.6 Å². The van der Waals surface area contributed by atoms with Crippen LogP contribution in [0.1, 0.15) is 48.5 Å². The number of methoxy groups -OCH3 is 1. The minimum absolute atomic E-state index is 0.292. The van der Waals surface area contributed by atoms with E-state index >= 15 is 0 Å². The highest BCUT2D eigenvalue weighted by molar-refractivity contribution is 5.49. The van der Waals surface area contributed by atoms with Gasteiger partial charge in [0.25, 0.3) is 0 Å². The summed E-state index contributed by atoms with van der Waals surface area (Å²) in [4.78, 5) is 13.5. The summed E-state index contributed by atoms with van der Waals surface area (Å²) in [7, 11) is 1.68. The molecular weight excluding hydrogens is 352 g/mol. The summed E-state index contributed by atoms with van der Waals surface area (Å²) in [6, 6.07) is 8.08. The van der Waals surface area contributed by atoms with Gasteiger partial charge in [0.1, 0.15) is 17.7 Å². The number of aromatic nitrogens is 4. The Morgan fingerprint density at radius 3 is 2.61 bits per heavy atom. The zero-order valence-electron chi connectivity index (χ0n) is 16.7. The third-order valence-electron chi connectivity index (χ3n) is 5.06. The Hall–Kier alpha value is -2.89. The molecule has 1 aliphatic carbocycles. The van der Waals surface area contributed by atoms with Crippen molar-refractivity contribution in [2.45, 2.75) is 52.1 Å². The molecule has 1 aliphatic rings. The van der Waals surface area contributed by atoms with E-state index in [-0.39, 0.29) is 0 Å². The molecule has 0 atom stereocenters. The number of hydrogen-bond donors (Lipinski definition) is 0. The van der Waals surface area contributed by atoms with Gasteiger partial charge in [-0.25, -0.2) is 9.97 Å². The van der Waals surface area contributed by atoms with Crippen LogP contribution in [0.15, 0.2) is 36.8 Å². The maximum absolute atomic E-state index is 6.07. The van der Waals surface area contributed by atoms with Gasteiger partial charge in [-0.3, -0.25) is 0 Å². The van der Waals surface area contributed by atoms with Crippen LogP contribution >= 0.6 is 0 Å². The summed E-state index contributed by atoms with van der Waals surface area (Å²) >= 11 is 0. The van der Waals surface area contributed by atoms with E-state index in [0.29, 0.717) is 18.4 Å². The van der Waals surface area contributed by atoms with Crippen molar-refractivity contribution >= 4 is 0 Å². The minimum atomic E-state index is 0.292. The monoisotopic (exact) mass is 378 g/mol. The Bertz CT molecular complexity index is 961. The van der Waals surface area contributed by atoms with Crippen LogP contribution in [0.3, 0.4) is 0 Å². The topological polar surface area (TPSA) is 62.1 Å². The van der Waals surface area contributed by atoms with E-state index in [0.717, 1.165) is 47.1 Å². The Morgan fingerprint density at radius 2 is 1.89 bits per heavy atom. The Labute approximate surface area is 165 Å². The second-order valence-corrected chi connectivity index (χ2v) is 7.39. The molecule has 0 saturated heterocycles. The second kappa shape index (κ2) is 8.00. The average molecular weight is 378 g/mol. The van der Waals surface area contributed by atoms with Gasteiger partial charge in [0.2, 0.25) is 5.88 Å². The van der Waals surface area contributed by atoms with Crippen molar-refractivity contribution in [1.82, 2.24) is 19.5 Å². The highest BCUT2D eigenvalue weighted by atomic mass is 16.5. The number of aryl methyl sites for hydroxylation is 2. The Kier molecular flexibility index (Phi) is 5.28. The maximum Gasteiger partial charge on any atom is 0.217 e. The smallest absolute Gasteiger partial charge is 0.217 e. The molecule has 4 rings (SSSR count). The van der Waals surface area contributed by atoms with Gasteiger partial charge in [-0.05, 0) is 57.2 Å². The van der Waals surface area contributed by atoms with Crippen LogP contribution in [-0.4, -0.2) is 32.7 Å². The lowest BCUT2D eigenvalue weighted by atomic mass is 10.1. The van der Waals surface area contributed by atoms with Crippen molar-refractivity contribution in [2.75, 3.05) is 7.11 Å². The van der Waals surface area contributed by atoms with E-state index in [2.05, 4.69) is 21.0 Å². The van der Waals surface area contributed by atoms with Gasteiger partial charge in [0.15, 0.2) is 0 Å². The predicted octanol–water partition coefficient (Wildman–Crippen LogP) is 4.20. The molecule has 28 heavy (non-hydrogen) atoms. The Morgan fingerprint density at radius 1 is 1.07 bits per heavy atom. The lowest BCUT2D eigenvalue weighted by Gasteiger charge is -2.14. The van der Waals surface area contributed by atoms with E-state index in [1.54, 1.807) is 13.4 Å². The molecule has 0 spiro atoms. The summed E-state index contributed by atoms with van der Waals surface area (Å²) in [6.45, 7) is 3.95. The number of benzene rings is 1. The lowest BCUT2D eigenvalue weighted by molar-refractivity contribution is 0.200. The third kappa shape index (κ3) is 4.16. The first kappa shape index (κ1) is 18.5. The molecular formula is C22H26N4O2. The van der Waals surface area contributed by atoms with Crippen LogP contribution in [0, 0.1) is 13.8 Å². The van der Waals surface area contributed by atoms with Gasteiger partial charge < -0.3 is 14.0 Å². The molecule has 0 N–H and O–H groups in total. The maximum atomic E-state index is 6.07. The minimum Gasteiger partial charge on any atom is -0.495 e. The van der Waals surface area contributed by atoms with E-state index in [1.165, 1.54) is 12.8 Å². The van der Waals surface area contributed by atoms with Gasteiger partial charge in [-0.2, -0.15) is 4.98 Å². The largest absolute Gasteiger partial charge is 0.495 e. The molecule has 1 aromatic carbocycles. The van der Waals surface area contributed by atoms with Gasteiger partial charge in [-0.15, -0.1) is 0 Å². The fourth-order valence-corrected chi connectivity index (χ4v) is 3.70.